The molecule has 3 nitrogen and oxygen atoms in total. The van der Waals surface area contributed by atoms with E-state index in [0.29, 0.717) is 10.0 Å². The van der Waals surface area contributed by atoms with Gasteiger partial charge in [0.15, 0.2) is 0 Å². The van der Waals surface area contributed by atoms with E-state index in [4.69, 9.17) is 10.5 Å². The molecule has 1 aromatic rings. The van der Waals surface area contributed by atoms with Crippen molar-refractivity contribution in [3.05, 3.63) is 34.1 Å². The van der Waals surface area contributed by atoms with Crippen LogP contribution in [0.15, 0.2) is 22.7 Å². The molecule has 0 radical (unpaired) electrons. The Morgan fingerprint density at radius 3 is 2.61 bits per heavy atom. The van der Waals surface area contributed by atoms with Crippen LogP contribution >= 0.6 is 15.9 Å². The number of rotatable bonds is 3. The molecule has 0 spiro atoms. The fourth-order valence-corrected chi connectivity index (χ4v) is 1.72. The molecule has 0 saturated heterocycles. The Labute approximate surface area is 115 Å². The molecular weight excluding hydrogens is 301 g/mol. The molecule has 0 bridgehead atoms. The molecule has 0 unspecified atom stereocenters. The van der Waals surface area contributed by atoms with Crippen LogP contribution in [0.25, 0.3) is 0 Å². The number of carbonyl (C=O) groups excluding carboxylic acids is 1. The molecule has 0 amide bonds. The monoisotopic (exact) mass is 317 g/mol. The Morgan fingerprint density at radius 1 is 1.50 bits per heavy atom. The Morgan fingerprint density at radius 2 is 2.11 bits per heavy atom. The fraction of sp³-hybridized carbons (Fsp3) is 0.462. The first kappa shape index (κ1) is 15.1. The first-order valence-electron chi connectivity index (χ1n) is 5.61. The van der Waals surface area contributed by atoms with E-state index in [1.165, 1.54) is 6.07 Å². The molecule has 0 aliphatic rings. The summed E-state index contributed by atoms with van der Waals surface area (Å²) < 4.78 is 19.4. The lowest BCUT2D eigenvalue weighted by molar-refractivity contribution is -0.156. The third kappa shape index (κ3) is 4.74. The summed E-state index contributed by atoms with van der Waals surface area (Å²) in [6.07, 6.45) is 0.119. The Kier molecular flexibility index (Phi) is 4.87. The number of hydrogen-bond acceptors (Lipinski definition) is 3. The number of halogens is 2. The van der Waals surface area contributed by atoms with Crippen molar-refractivity contribution in [2.24, 2.45) is 5.73 Å². The van der Waals surface area contributed by atoms with Crippen molar-refractivity contribution in [3.63, 3.8) is 0 Å². The van der Waals surface area contributed by atoms with Gasteiger partial charge in [0.1, 0.15) is 17.5 Å². The summed E-state index contributed by atoms with van der Waals surface area (Å²) in [5.74, 6) is -0.909. The molecule has 0 fully saturated rings. The number of esters is 1. The zero-order valence-corrected chi connectivity index (χ0v) is 12.3. The van der Waals surface area contributed by atoms with Crippen molar-refractivity contribution in [2.45, 2.75) is 38.8 Å². The van der Waals surface area contributed by atoms with Crippen LogP contribution in [-0.2, 0) is 16.0 Å². The second-order valence-corrected chi connectivity index (χ2v) is 6.00. The number of carbonyl (C=O) groups is 1. The Balaban J connectivity index is 2.69. The molecule has 5 heteroatoms. The topological polar surface area (TPSA) is 52.3 Å². The second-order valence-electron chi connectivity index (χ2n) is 5.08. The van der Waals surface area contributed by atoms with Gasteiger partial charge in [0.05, 0.1) is 0 Å². The average molecular weight is 318 g/mol. The first-order valence-corrected chi connectivity index (χ1v) is 6.41. The van der Waals surface area contributed by atoms with Crippen LogP contribution in [0.3, 0.4) is 0 Å². The maximum Gasteiger partial charge on any atom is 0.323 e. The van der Waals surface area contributed by atoms with Crippen molar-refractivity contribution in [1.82, 2.24) is 0 Å². The number of ether oxygens (including phenoxy) is 1. The molecule has 0 aliphatic heterocycles. The minimum absolute atomic E-state index is 0.119. The predicted molar refractivity (Wildman–Crippen MR) is 71.6 cm³/mol. The summed E-state index contributed by atoms with van der Waals surface area (Å²) in [7, 11) is 0. The average Bonchev–Trinajstić information content (AvgIpc) is 2.19. The lowest BCUT2D eigenvalue weighted by Gasteiger charge is -2.22. The van der Waals surface area contributed by atoms with E-state index < -0.39 is 17.6 Å². The maximum absolute atomic E-state index is 13.6. The van der Waals surface area contributed by atoms with E-state index in [1.807, 2.05) is 0 Å². The van der Waals surface area contributed by atoms with Gasteiger partial charge in [-0.1, -0.05) is 22.0 Å². The number of benzene rings is 1. The highest BCUT2D eigenvalue weighted by Crippen LogP contribution is 2.17. The van der Waals surface area contributed by atoms with E-state index in [9.17, 15) is 9.18 Å². The highest BCUT2D eigenvalue weighted by atomic mass is 79.9. The minimum Gasteiger partial charge on any atom is -0.459 e. The van der Waals surface area contributed by atoms with Gasteiger partial charge >= 0.3 is 5.97 Å². The van der Waals surface area contributed by atoms with Gasteiger partial charge in [-0.15, -0.1) is 0 Å². The van der Waals surface area contributed by atoms with Gasteiger partial charge in [0.25, 0.3) is 0 Å². The van der Waals surface area contributed by atoms with Gasteiger partial charge in [-0.2, -0.15) is 0 Å². The molecule has 1 rings (SSSR count). The summed E-state index contributed by atoms with van der Waals surface area (Å²) in [6, 6.07) is 3.79. The lowest BCUT2D eigenvalue weighted by atomic mass is 10.1. The lowest BCUT2D eigenvalue weighted by Crippen LogP contribution is -2.39. The van der Waals surface area contributed by atoms with E-state index in [0.717, 1.165) is 0 Å². The summed E-state index contributed by atoms with van der Waals surface area (Å²) in [5.41, 5.74) is 5.52. The van der Waals surface area contributed by atoms with Gasteiger partial charge in [-0.3, -0.25) is 4.79 Å². The van der Waals surface area contributed by atoms with E-state index in [1.54, 1.807) is 32.9 Å². The first-order chi connectivity index (χ1) is 8.19. The molecule has 1 aromatic carbocycles. The Bertz CT molecular complexity index is 443. The van der Waals surface area contributed by atoms with Crippen LogP contribution in [0, 0.1) is 5.82 Å². The molecular formula is C13H17BrFNO2. The molecule has 1 atom stereocenters. The molecule has 0 heterocycles. The third-order valence-corrected chi connectivity index (χ3v) is 2.66. The number of nitrogens with two attached hydrogens (primary N) is 1. The van der Waals surface area contributed by atoms with Gasteiger partial charge in [-0.05, 0) is 38.5 Å². The zero-order chi connectivity index (χ0) is 13.9. The van der Waals surface area contributed by atoms with Crippen molar-refractivity contribution < 1.29 is 13.9 Å². The third-order valence-electron chi connectivity index (χ3n) is 2.16. The fourth-order valence-electron chi connectivity index (χ4n) is 1.38. The molecule has 0 saturated carbocycles. The maximum atomic E-state index is 13.6. The molecule has 18 heavy (non-hydrogen) atoms. The quantitative estimate of drug-likeness (QED) is 0.872. The predicted octanol–water partition coefficient (Wildman–Crippen LogP) is 2.80. The highest BCUT2D eigenvalue weighted by molar-refractivity contribution is 9.10. The van der Waals surface area contributed by atoms with Crippen molar-refractivity contribution in [2.75, 3.05) is 0 Å². The normalized spacial score (nSPS) is 13.2. The second kappa shape index (κ2) is 5.80. The standard InChI is InChI=1S/C13H17BrFNO2/c1-13(2,3)18-12(17)11(16)6-8-4-5-9(14)7-10(8)15/h4-5,7,11H,6,16H2,1-3H3/t11-/m1/s1. The van der Waals surface area contributed by atoms with Gasteiger partial charge in [0, 0.05) is 10.9 Å². The van der Waals surface area contributed by atoms with Crippen LogP contribution < -0.4 is 5.73 Å². The molecule has 100 valence electrons. The van der Waals surface area contributed by atoms with Gasteiger partial charge < -0.3 is 10.5 Å². The van der Waals surface area contributed by atoms with Crippen molar-refractivity contribution in [3.8, 4) is 0 Å². The van der Waals surface area contributed by atoms with Gasteiger partial charge in [0.2, 0.25) is 0 Å². The van der Waals surface area contributed by atoms with Crippen LogP contribution in [-0.4, -0.2) is 17.6 Å². The summed E-state index contributed by atoms with van der Waals surface area (Å²) in [5, 5.41) is 0. The Hall–Kier alpha value is -0.940. The van der Waals surface area contributed by atoms with Crippen LogP contribution in [0.1, 0.15) is 26.3 Å². The van der Waals surface area contributed by atoms with Crippen molar-refractivity contribution >= 4 is 21.9 Å². The largest absolute Gasteiger partial charge is 0.459 e. The van der Waals surface area contributed by atoms with E-state index in [2.05, 4.69) is 15.9 Å². The number of hydrogen-bond donors (Lipinski definition) is 1. The zero-order valence-electron chi connectivity index (χ0n) is 10.7. The minimum atomic E-state index is -0.861. The van der Waals surface area contributed by atoms with E-state index >= 15 is 0 Å². The summed E-state index contributed by atoms with van der Waals surface area (Å²) >= 11 is 3.17. The molecule has 0 aromatic heterocycles. The van der Waals surface area contributed by atoms with E-state index in [-0.39, 0.29) is 12.2 Å². The van der Waals surface area contributed by atoms with Gasteiger partial charge in [-0.25, -0.2) is 4.39 Å². The smallest absolute Gasteiger partial charge is 0.323 e. The SMILES string of the molecule is CC(C)(C)OC(=O)[C@H](N)Cc1ccc(Br)cc1F. The van der Waals surface area contributed by atoms with Crippen LogP contribution in [0.5, 0.6) is 0 Å². The molecule has 2 N–H and O–H groups in total. The van der Waals surface area contributed by atoms with Crippen LogP contribution in [0.4, 0.5) is 4.39 Å². The highest BCUT2D eigenvalue weighted by Gasteiger charge is 2.23. The van der Waals surface area contributed by atoms with Crippen molar-refractivity contribution in [1.29, 1.82) is 0 Å². The van der Waals surface area contributed by atoms with Crippen LogP contribution in [0.2, 0.25) is 0 Å². The summed E-state index contributed by atoms with van der Waals surface area (Å²) in [4.78, 5) is 11.7. The molecule has 0 aliphatic carbocycles. The summed E-state index contributed by atoms with van der Waals surface area (Å²) in [6.45, 7) is 5.29.